The standard InChI is InChI=1S/C12H14ClN5OS/c1-2-6-18-11(19)16-17-12(18)20-8-5-3-4-7(13)9(8)10(14)15/h3-5H,2,6H2,1H3,(H3,14,15)(H,16,19). The molecular weight excluding hydrogens is 298 g/mol. The van der Waals surface area contributed by atoms with Crippen LogP contribution in [0.2, 0.25) is 5.02 Å². The molecular formula is C12H14ClN5OS. The third-order valence-electron chi connectivity index (χ3n) is 2.62. The summed E-state index contributed by atoms with van der Waals surface area (Å²) in [5.41, 5.74) is 5.77. The molecule has 20 heavy (non-hydrogen) atoms. The smallest absolute Gasteiger partial charge is 0.343 e. The molecule has 0 aliphatic carbocycles. The van der Waals surface area contributed by atoms with Crippen LogP contribution in [0.3, 0.4) is 0 Å². The molecule has 1 aromatic heterocycles. The van der Waals surface area contributed by atoms with Gasteiger partial charge in [-0.25, -0.2) is 9.89 Å². The van der Waals surface area contributed by atoms with Crippen molar-refractivity contribution < 1.29 is 0 Å². The van der Waals surface area contributed by atoms with Gasteiger partial charge in [0.2, 0.25) is 0 Å². The normalized spacial score (nSPS) is 10.7. The predicted octanol–water partition coefficient (Wildman–Crippen LogP) is 2.07. The summed E-state index contributed by atoms with van der Waals surface area (Å²) in [6, 6.07) is 5.24. The van der Waals surface area contributed by atoms with Crippen LogP contribution >= 0.6 is 23.4 Å². The second kappa shape index (κ2) is 6.15. The van der Waals surface area contributed by atoms with E-state index in [9.17, 15) is 4.79 Å². The fourth-order valence-corrected chi connectivity index (χ4v) is 3.12. The van der Waals surface area contributed by atoms with Crippen LogP contribution in [0.4, 0.5) is 0 Å². The van der Waals surface area contributed by atoms with Gasteiger partial charge in [-0.15, -0.1) is 5.10 Å². The Labute approximate surface area is 124 Å². The molecule has 0 radical (unpaired) electrons. The zero-order chi connectivity index (χ0) is 14.7. The predicted molar refractivity (Wildman–Crippen MR) is 79.7 cm³/mol. The first kappa shape index (κ1) is 14.7. The highest BCUT2D eigenvalue weighted by atomic mass is 35.5. The average molecular weight is 312 g/mol. The molecule has 1 aromatic carbocycles. The van der Waals surface area contributed by atoms with Gasteiger partial charge in [0.25, 0.3) is 0 Å². The maximum Gasteiger partial charge on any atom is 0.343 e. The molecule has 0 amide bonds. The Morgan fingerprint density at radius 3 is 3.00 bits per heavy atom. The molecule has 0 saturated carbocycles. The summed E-state index contributed by atoms with van der Waals surface area (Å²) in [5.74, 6) is -0.113. The second-order valence-corrected chi connectivity index (χ2v) is 5.51. The molecule has 4 N–H and O–H groups in total. The molecule has 0 aliphatic heterocycles. The van der Waals surface area contributed by atoms with E-state index in [1.54, 1.807) is 22.8 Å². The fraction of sp³-hybridized carbons (Fsp3) is 0.250. The van der Waals surface area contributed by atoms with Crippen molar-refractivity contribution in [3.05, 3.63) is 39.3 Å². The summed E-state index contributed by atoms with van der Waals surface area (Å²) in [6.45, 7) is 2.56. The van der Waals surface area contributed by atoms with Crippen molar-refractivity contribution in [2.45, 2.75) is 29.9 Å². The number of nitrogens with one attached hydrogen (secondary N) is 2. The highest BCUT2D eigenvalue weighted by Crippen LogP contribution is 2.32. The van der Waals surface area contributed by atoms with Crippen LogP contribution in [0.5, 0.6) is 0 Å². The van der Waals surface area contributed by atoms with Gasteiger partial charge >= 0.3 is 5.69 Å². The Hall–Kier alpha value is -1.73. The van der Waals surface area contributed by atoms with Gasteiger partial charge in [-0.2, -0.15) is 0 Å². The van der Waals surface area contributed by atoms with E-state index in [4.69, 9.17) is 22.7 Å². The van der Waals surface area contributed by atoms with E-state index in [1.165, 1.54) is 11.8 Å². The summed E-state index contributed by atoms with van der Waals surface area (Å²) in [6.07, 6.45) is 0.822. The SMILES string of the molecule is CCCn1c(Sc2cccc(Cl)c2C(=N)N)n[nH]c1=O. The monoisotopic (exact) mass is 311 g/mol. The van der Waals surface area contributed by atoms with E-state index in [0.717, 1.165) is 6.42 Å². The van der Waals surface area contributed by atoms with E-state index in [1.807, 2.05) is 6.92 Å². The first-order valence-electron chi connectivity index (χ1n) is 6.00. The van der Waals surface area contributed by atoms with Gasteiger partial charge in [0.15, 0.2) is 5.16 Å². The van der Waals surface area contributed by atoms with Crippen LogP contribution in [-0.2, 0) is 6.54 Å². The number of H-pyrrole nitrogens is 1. The minimum atomic E-state index is -0.249. The number of nitrogens with two attached hydrogens (primary N) is 1. The summed E-state index contributed by atoms with van der Waals surface area (Å²) < 4.78 is 1.55. The third kappa shape index (κ3) is 2.88. The lowest BCUT2D eigenvalue weighted by atomic mass is 10.2. The Balaban J connectivity index is 2.43. The van der Waals surface area contributed by atoms with E-state index >= 15 is 0 Å². The minimum Gasteiger partial charge on any atom is -0.384 e. The second-order valence-electron chi connectivity index (χ2n) is 4.09. The number of benzene rings is 1. The number of aromatic amines is 1. The molecule has 2 aromatic rings. The molecule has 0 unspecified atom stereocenters. The molecule has 8 heteroatoms. The summed E-state index contributed by atoms with van der Waals surface area (Å²) in [4.78, 5) is 12.3. The molecule has 0 bridgehead atoms. The summed E-state index contributed by atoms with van der Waals surface area (Å²) >= 11 is 7.33. The molecule has 6 nitrogen and oxygen atoms in total. The van der Waals surface area contributed by atoms with Crippen molar-refractivity contribution in [2.24, 2.45) is 5.73 Å². The Morgan fingerprint density at radius 2 is 2.35 bits per heavy atom. The lowest BCUT2D eigenvalue weighted by Gasteiger charge is -2.09. The van der Waals surface area contributed by atoms with Crippen molar-refractivity contribution >= 4 is 29.2 Å². The van der Waals surface area contributed by atoms with Crippen LogP contribution in [0.15, 0.2) is 33.0 Å². The Bertz CT molecular complexity index is 693. The highest BCUT2D eigenvalue weighted by molar-refractivity contribution is 7.99. The quantitative estimate of drug-likeness (QED) is 0.581. The molecule has 1 heterocycles. The molecule has 0 saturated heterocycles. The van der Waals surface area contributed by atoms with E-state index in [2.05, 4.69) is 10.2 Å². The summed E-state index contributed by atoms with van der Waals surface area (Å²) in [7, 11) is 0. The van der Waals surface area contributed by atoms with Crippen molar-refractivity contribution in [3.63, 3.8) is 0 Å². The van der Waals surface area contributed by atoms with Crippen molar-refractivity contribution in [3.8, 4) is 0 Å². The minimum absolute atomic E-state index is 0.113. The van der Waals surface area contributed by atoms with Crippen LogP contribution in [0, 0.1) is 5.41 Å². The van der Waals surface area contributed by atoms with E-state index in [0.29, 0.717) is 27.2 Å². The lowest BCUT2D eigenvalue weighted by Crippen LogP contribution is -2.17. The van der Waals surface area contributed by atoms with Gasteiger partial charge < -0.3 is 5.73 Å². The first-order valence-corrected chi connectivity index (χ1v) is 7.20. The number of hydrogen-bond acceptors (Lipinski definition) is 4. The zero-order valence-electron chi connectivity index (χ0n) is 10.8. The van der Waals surface area contributed by atoms with Gasteiger partial charge in [-0.3, -0.25) is 9.98 Å². The van der Waals surface area contributed by atoms with Crippen molar-refractivity contribution in [2.75, 3.05) is 0 Å². The van der Waals surface area contributed by atoms with E-state index < -0.39 is 0 Å². The highest BCUT2D eigenvalue weighted by Gasteiger charge is 2.15. The number of hydrogen-bond donors (Lipinski definition) is 3. The third-order valence-corrected chi connectivity index (χ3v) is 3.99. The number of rotatable bonds is 5. The van der Waals surface area contributed by atoms with Gasteiger partial charge in [-0.1, -0.05) is 24.6 Å². The Kier molecular flexibility index (Phi) is 4.51. The van der Waals surface area contributed by atoms with E-state index in [-0.39, 0.29) is 11.5 Å². The van der Waals surface area contributed by atoms with Crippen molar-refractivity contribution in [1.29, 1.82) is 5.41 Å². The fourth-order valence-electron chi connectivity index (χ4n) is 1.75. The van der Waals surface area contributed by atoms with Gasteiger partial charge in [0, 0.05) is 17.0 Å². The number of aromatic nitrogens is 3. The molecule has 2 rings (SSSR count). The van der Waals surface area contributed by atoms with Gasteiger partial charge in [0.1, 0.15) is 5.84 Å². The molecule has 0 aliphatic rings. The molecule has 0 spiro atoms. The maximum atomic E-state index is 11.6. The topological polar surface area (TPSA) is 101 Å². The average Bonchev–Trinajstić information content (AvgIpc) is 2.72. The zero-order valence-corrected chi connectivity index (χ0v) is 12.4. The number of halogens is 1. The van der Waals surface area contributed by atoms with Crippen LogP contribution in [0.25, 0.3) is 0 Å². The van der Waals surface area contributed by atoms with Gasteiger partial charge in [-0.05, 0) is 30.3 Å². The van der Waals surface area contributed by atoms with Crippen LogP contribution in [-0.4, -0.2) is 20.6 Å². The number of amidine groups is 1. The first-order chi connectivity index (χ1) is 9.54. The number of nitrogens with zero attached hydrogens (tertiary/aromatic N) is 2. The largest absolute Gasteiger partial charge is 0.384 e. The molecule has 106 valence electrons. The van der Waals surface area contributed by atoms with Crippen LogP contribution in [0.1, 0.15) is 18.9 Å². The Morgan fingerprint density at radius 1 is 1.60 bits per heavy atom. The lowest BCUT2D eigenvalue weighted by molar-refractivity contribution is 0.604. The molecule has 0 atom stereocenters. The summed E-state index contributed by atoms with van der Waals surface area (Å²) in [5, 5.41) is 15.0. The maximum absolute atomic E-state index is 11.6. The van der Waals surface area contributed by atoms with Gasteiger partial charge in [0.05, 0.1) is 5.02 Å². The van der Waals surface area contributed by atoms with Crippen LogP contribution < -0.4 is 11.4 Å². The van der Waals surface area contributed by atoms with Crippen molar-refractivity contribution in [1.82, 2.24) is 14.8 Å². The number of nitrogen functional groups attached to an aromatic ring is 1. The molecule has 0 fully saturated rings.